The molecule has 3 heterocycles. The van der Waals surface area contributed by atoms with E-state index in [1.54, 1.807) is 24.1 Å². The first-order valence-electron chi connectivity index (χ1n) is 13.5. The molecule has 0 spiro atoms. The number of methoxy groups -OCH3 is 1. The number of carbonyl (C=O) groups is 2. The summed E-state index contributed by atoms with van der Waals surface area (Å²) in [7, 11) is 1.56. The van der Waals surface area contributed by atoms with Gasteiger partial charge in [0.15, 0.2) is 0 Å². The molecular weight excluding hydrogens is 532 g/mol. The second-order valence-corrected chi connectivity index (χ2v) is 11.0. The van der Waals surface area contributed by atoms with Crippen molar-refractivity contribution in [2.75, 3.05) is 12.0 Å². The summed E-state index contributed by atoms with van der Waals surface area (Å²) in [5, 5.41) is 4.56. The third-order valence-corrected chi connectivity index (χ3v) is 8.31. The van der Waals surface area contributed by atoms with Gasteiger partial charge in [0.2, 0.25) is 5.91 Å². The van der Waals surface area contributed by atoms with Crippen molar-refractivity contribution in [3.63, 3.8) is 0 Å². The number of esters is 1. The SMILES string of the molecule is COc1ccc(N2C(=O)CCC2c2nc3cc(-c4c(C)noc4C)ccc3n2C2CCC(OC(C)=O)C2)cc1Cl. The van der Waals surface area contributed by atoms with Gasteiger partial charge in [0, 0.05) is 37.1 Å². The second kappa shape index (κ2) is 10.3. The first-order chi connectivity index (χ1) is 19.2. The number of nitrogens with zero attached hydrogens (tertiary/aromatic N) is 4. The van der Waals surface area contributed by atoms with Crippen LogP contribution in [0.1, 0.15) is 68.4 Å². The van der Waals surface area contributed by atoms with Crippen molar-refractivity contribution >= 4 is 40.2 Å². The quantitative estimate of drug-likeness (QED) is 0.247. The molecule has 4 aromatic rings. The summed E-state index contributed by atoms with van der Waals surface area (Å²) in [6.45, 7) is 5.28. The molecule has 6 rings (SSSR count). The Morgan fingerprint density at radius 2 is 1.95 bits per heavy atom. The molecule has 208 valence electrons. The molecule has 1 saturated carbocycles. The minimum Gasteiger partial charge on any atom is -0.495 e. The van der Waals surface area contributed by atoms with Crippen LogP contribution in [0.25, 0.3) is 22.2 Å². The van der Waals surface area contributed by atoms with Gasteiger partial charge < -0.3 is 23.5 Å². The molecule has 3 atom stereocenters. The number of hydrogen-bond acceptors (Lipinski definition) is 7. The number of fused-ring (bicyclic) bond motifs is 1. The van der Waals surface area contributed by atoms with E-state index < -0.39 is 0 Å². The molecule has 2 aliphatic rings. The first kappa shape index (κ1) is 26.4. The zero-order valence-corrected chi connectivity index (χ0v) is 23.7. The Bertz CT molecular complexity index is 1610. The smallest absolute Gasteiger partial charge is 0.302 e. The van der Waals surface area contributed by atoms with Crippen molar-refractivity contribution in [2.45, 2.75) is 71.1 Å². The van der Waals surface area contributed by atoms with Crippen LogP contribution >= 0.6 is 11.6 Å². The number of aryl methyl sites for hydroxylation is 2. The monoisotopic (exact) mass is 562 g/mol. The van der Waals surface area contributed by atoms with Gasteiger partial charge in [-0.25, -0.2) is 4.98 Å². The van der Waals surface area contributed by atoms with E-state index in [-0.39, 0.29) is 30.1 Å². The number of hydrogen-bond donors (Lipinski definition) is 0. The highest BCUT2D eigenvalue weighted by molar-refractivity contribution is 6.32. The Morgan fingerprint density at radius 1 is 1.12 bits per heavy atom. The van der Waals surface area contributed by atoms with Crippen molar-refractivity contribution in [1.29, 1.82) is 0 Å². The molecule has 2 fully saturated rings. The maximum atomic E-state index is 13.3. The van der Waals surface area contributed by atoms with Crippen LogP contribution in [0.15, 0.2) is 40.9 Å². The summed E-state index contributed by atoms with van der Waals surface area (Å²) < 4.78 is 18.6. The standard InChI is InChI=1S/C30H31ClN4O5/c1-16-29(17(2)40-33-16)19-5-9-25-24(13-19)32-30(35(25)20-6-8-22(14-20)39-18(3)36)26-10-12-28(37)34(26)21-7-11-27(38-4)23(31)15-21/h5,7,9,11,13,15,20,22,26H,6,8,10,12,14H2,1-4H3. The Morgan fingerprint density at radius 3 is 2.65 bits per heavy atom. The lowest BCUT2D eigenvalue weighted by Crippen LogP contribution is -2.29. The van der Waals surface area contributed by atoms with Gasteiger partial charge in [0.1, 0.15) is 23.4 Å². The van der Waals surface area contributed by atoms with Crippen molar-refractivity contribution in [1.82, 2.24) is 14.7 Å². The number of rotatable bonds is 6. The molecule has 3 unspecified atom stereocenters. The Hall–Kier alpha value is -3.85. The molecule has 1 amide bonds. The number of carbonyl (C=O) groups excluding carboxylic acids is 2. The van der Waals surface area contributed by atoms with Gasteiger partial charge in [-0.2, -0.15) is 0 Å². The fraction of sp³-hybridized carbons (Fsp3) is 0.400. The van der Waals surface area contributed by atoms with Crippen molar-refractivity contribution < 1.29 is 23.6 Å². The predicted molar refractivity (Wildman–Crippen MR) is 151 cm³/mol. The van der Waals surface area contributed by atoms with E-state index in [1.165, 1.54) is 6.92 Å². The number of ether oxygens (including phenoxy) is 2. The molecule has 1 saturated heterocycles. The van der Waals surface area contributed by atoms with Crippen molar-refractivity contribution in [3.8, 4) is 16.9 Å². The average molecular weight is 563 g/mol. The molecular formula is C30H31ClN4O5. The van der Waals surface area contributed by atoms with E-state index in [4.69, 9.17) is 30.6 Å². The van der Waals surface area contributed by atoms with E-state index in [1.807, 2.05) is 19.9 Å². The van der Waals surface area contributed by atoms with E-state index in [0.29, 0.717) is 35.7 Å². The molecule has 2 aromatic carbocycles. The van der Waals surface area contributed by atoms with Gasteiger partial charge in [-0.1, -0.05) is 22.8 Å². The lowest BCUT2D eigenvalue weighted by atomic mass is 10.0. The molecule has 1 aliphatic carbocycles. The highest BCUT2D eigenvalue weighted by Gasteiger charge is 2.39. The van der Waals surface area contributed by atoms with E-state index in [2.05, 4.69) is 27.9 Å². The number of imidazole rings is 1. The first-order valence-corrected chi connectivity index (χ1v) is 13.9. The highest BCUT2D eigenvalue weighted by atomic mass is 35.5. The molecule has 10 heteroatoms. The normalized spacial score (nSPS) is 21.0. The molecule has 9 nitrogen and oxygen atoms in total. The number of anilines is 1. The van der Waals surface area contributed by atoms with Crippen LogP contribution in [0.5, 0.6) is 5.75 Å². The summed E-state index contributed by atoms with van der Waals surface area (Å²) in [5.74, 6) is 1.87. The van der Waals surface area contributed by atoms with Gasteiger partial charge in [-0.05, 0) is 69.0 Å². The third-order valence-electron chi connectivity index (χ3n) is 8.02. The number of halogens is 1. The lowest BCUT2D eigenvalue weighted by molar-refractivity contribution is -0.146. The molecule has 0 radical (unpaired) electrons. The molecule has 0 bridgehead atoms. The minimum absolute atomic E-state index is 0.0189. The van der Waals surface area contributed by atoms with Gasteiger partial charge in [-0.3, -0.25) is 9.59 Å². The summed E-state index contributed by atoms with van der Waals surface area (Å²) in [4.78, 5) is 31.9. The molecule has 2 aromatic heterocycles. The van der Waals surface area contributed by atoms with Crippen LogP contribution in [0, 0.1) is 13.8 Å². The Balaban J connectivity index is 1.47. The summed E-state index contributed by atoms with van der Waals surface area (Å²) in [6, 6.07) is 11.4. The topological polar surface area (TPSA) is 99.7 Å². The van der Waals surface area contributed by atoms with Crippen molar-refractivity contribution in [3.05, 3.63) is 58.7 Å². The van der Waals surface area contributed by atoms with Crippen LogP contribution < -0.4 is 9.64 Å². The summed E-state index contributed by atoms with van der Waals surface area (Å²) >= 11 is 6.46. The van der Waals surface area contributed by atoms with Gasteiger partial charge in [-0.15, -0.1) is 0 Å². The van der Waals surface area contributed by atoms with Gasteiger partial charge in [0.05, 0.1) is 34.9 Å². The predicted octanol–water partition coefficient (Wildman–Crippen LogP) is 6.49. The van der Waals surface area contributed by atoms with Crippen molar-refractivity contribution in [2.24, 2.45) is 0 Å². The van der Waals surface area contributed by atoms with E-state index in [9.17, 15) is 9.59 Å². The maximum absolute atomic E-state index is 13.3. The zero-order valence-electron chi connectivity index (χ0n) is 22.9. The Labute approximate surface area is 237 Å². The van der Waals surface area contributed by atoms with Gasteiger partial charge >= 0.3 is 5.97 Å². The lowest BCUT2D eigenvalue weighted by Gasteiger charge is -2.27. The molecule has 0 N–H and O–H groups in total. The highest BCUT2D eigenvalue weighted by Crippen LogP contribution is 2.44. The number of amides is 1. The summed E-state index contributed by atoms with van der Waals surface area (Å²) in [5.41, 5.74) is 5.27. The summed E-state index contributed by atoms with van der Waals surface area (Å²) in [6.07, 6.45) is 3.21. The zero-order chi connectivity index (χ0) is 28.1. The number of aromatic nitrogens is 3. The molecule has 1 aliphatic heterocycles. The maximum Gasteiger partial charge on any atom is 0.302 e. The van der Waals surface area contributed by atoms with E-state index >= 15 is 0 Å². The largest absolute Gasteiger partial charge is 0.495 e. The molecule has 40 heavy (non-hydrogen) atoms. The van der Waals surface area contributed by atoms with Crippen LogP contribution in [-0.4, -0.2) is 39.8 Å². The van der Waals surface area contributed by atoms with Crippen LogP contribution in [0.3, 0.4) is 0 Å². The average Bonchev–Trinajstić information content (AvgIpc) is 3.68. The van der Waals surface area contributed by atoms with Crippen LogP contribution in [-0.2, 0) is 14.3 Å². The fourth-order valence-corrected chi connectivity index (χ4v) is 6.59. The van der Waals surface area contributed by atoms with Crippen LogP contribution in [0.2, 0.25) is 5.02 Å². The van der Waals surface area contributed by atoms with E-state index in [0.717, 1.165) is 52.3 Å². The third kappa shape index (κ3) is 4.52. The minimum atomic E-state index is -0.278. The fourth-order valence-electron chi connectivity index (χ4n) is 6.34. The van der Waals surface area contributed by atoms with Crippen LogP contribution in [0.4, 0.5) is 5.69 Å². The Kier molecular flexibility index (Phi) is 6.78. The number of benzene rings is 2. The van der Waals surface area contributed by atoms with Gasteiger partial charge in [0.25, 0.3) is 0 Å². The second-order valence-electron chi connectivity index (χ2n) is 10.6.